The zero-order valence-corrected chi connectivity index (χ0v) is 11.5. The van der Waals surface area contributed by atoms with Gasteiger partial charge in [0.05, 0.1) is 18.4 Å². The number of benzene rings is 1. The van der Waals surface area contributed by atoms with Gasteiger partial charge in [-0.1, -0.05) is 6.07 Å². The van der Waals surface area contributed by atoms with Crippen molar-refractivity contribution in [1.29, 1.82) is 5.26 Å². The Morgan fingerprint density at radius 2 is 2.00 bits per heavy atom. The molecule has 0 unspecified atom stereocenters. The Morgan fingerprint density at radius 3 is 2.56 bits per heavy atom. The van der Waals surface area contributed by atoms with Gasteiger partial charge in [-0.25, -0.2) is 0 Å². The van der Waals surface area contributed by atoms with Gasteiger partial charge >= 0.3 is 0 Å². The molecule has 0 spiro atoms. The molecule has 0 aliphatic rings. The summed E-state index contributed by atoms with van der Waals surface area (Å²) in [7, 11) is 1.61. The minimum atomic E-state index is 0.0977. The average molecular weight is 247 g/mol. The van der Waals surface area contributed by atoms with Crippen molar-refractivity contribution in [3.63, 3.8) is 0 Å². The third kappa shape index (κ3) is 4.27. The topological polar surface area (TPSA) is 57.1 Å². The van der Waals surface area contributed by atoms with Crippen molar-refractivity contribution < 1.29 is 4.74 Å². The maximum absolute atomic E-state index is 9.06. The zero-order valence-electron chi connectivity index (χ0n) is 11.5. The summed E-state index contributed by atoms with van der Waals surface area (Å²) in [6, 6.07) is 7.61. The fourth-order valence-electron chi connectivity index (χ4n) is 1.60. The van der Waals surface area contributed by atoms with Crippen molar-refractivity contribution in [2.24, 2.45) is 0 Å². The maximum Gasteiger partial charge on any atom is 0.143 e. The molecular weight excluding hydrogens is 226 g/mol. The third-order valence-corrected chi connectivity index (χ3v) is 2.45. The second kappa shape index (κ2) is 6.27. The molecule has 0 heterocycles. The highest BCUT2D eigenvalue weighted by molar-refractivity contribution is 5.66. The van der Waals surface area contributed by atoms with E-state index in [-0.39, 0.29) is 5.54 Å². The first-order valence-corrected chi connectivity index (χ1v) is 6.04. The van der Waals surface area contributed by atoms with Crippen LogP contribution < -0.4 is 15.4 Å². The number of ether oxygens (including phenoxy) is 1. The lowest BCUT2D eigenvalue weighted by molar-refractivity contribution is 0.415. The fourth-order valence-corrected chi connectivity index (χ4v) is 1.60. The van der Waals surface area contributed by atoms with Crippen LogP contribution in [0.15, 0.2) is 18.2 Å². The predicted octanol–water partition coefficient (Wildman–Crippen LogP) is 2.37. The normalized spacial score (nSPS) is 10.8. The van der Waals surface area contributed by atoms with Crippen LogP contribution in [-0.4, -0.2) is 25.7 Å². The Labute approximate surface area is 109 Å². The molecule has 0 aliphatic heterocycles. The number of hydrogen-bond acceptors (Lipinski definition) is 4. The second-order valence-electron chi connectivity index (χ2n) is 5.10. The summed E-state index contributed by atoms with van der Waals surface area (Å²) in [5, 5.41) is 15.7. The highest BCUT2D eigenvalue weighted by atomic mass is 16.5. The van der Waals surface area contributed by atoms with E-state index in [1.165, 1.54) is 0 Å². The Bertz CT molecular complexity index is 430. The van der Waals surface area contributed by atoms with Gasteiger partial charge in [0.1, 0.15) is 11.8 Å². The van der Waals surface area contributed by atoms with E-state index in [0.29, 0.717) is 11.3 Å². The van der Waals surface area contributed by atoms with Gasteiger partial charge in [0, 0.05) is 18.6 Å². The molecule has 0 saturated heterocycles. The van der Waals surface area contributed by atoms with Crippen molar-refractivity contribution in [2.75, 3.05) is 25.5 Å². The summed E-state index contributed by atoms with van der Waals surface area (Å²) < 4.78 is 5.25. The van der Waals surface area contributed by atoms with Gasteiger partial charge in [0.25, 0.3) is 0 Å². The number of nitrogens with zero attached hydrogens (tertiary/aromatic N) is 1. The summed E-state index contributed by atoms with van der Waals surface area (Å²) in [5.41, 5.74) is 1.46. The monoisotopic (exact) mass is 247 g/mol. The maximum atomic E-state index is 9.06. The highest BCUT2D eigenvalue weighted by Gasteiger charge is 2.10. The SMILES string of the molecule is COc1cccc(C#N)c1NCCNC(C)(C)C. The summed E-state index contributed by atoms with van der Waals surface area (Å²) >= 11 is 0. The van der Waals surface area contributed by atoms with Crippen molar-refractivity contribution in [2.45, 2.75) is 26.3 Å². The van der Waals surface area contributed by atoms with Crippen LogP contribution in [0.3, 0.4) is 0 Å². The molecule has 1 rings (SSSR count). The van der Waals surface area contributed by atoms with Crippen molar-refractivity contribution >= 4 is 5.69 Å². The molecule has 0 saturated carbocycles. The molecule has 0 atom stereocenters. The quantitative estimate of drug-likeness (QED) is 0.784. The molecule has 0 fully saturated rings. The number of anilines is 1. The van der Waals surface area contributed by atoms with Crippen molar-refractivity contribution in [3.05, 3.63) is 23.8 Å². The van der Waals surface area contributed by atoms with Crippen molar-refractivity contribution in [3.8, 4) is 11.8 Å². The van der Waals surface area contributed by atoms with Gasteiger partial charge in [-0.3, -0.25) is 0 Å². The Morgan fingerprint density at radius 1 is 1.28 bits per heavy atom. The first kappa shape index (κ1) is 14.3. The zero-order chi connectivity index (χ0) is 13.6. The lowest BCUT2D eigenvalue weighted by Crippen LogP contribution is -2.38. The predicted molar refractivity (Wildman–Crippen MR) is 74.0 cm³/mol. The molecule has 2 N–H and O–H groups in total. The minimum absolute atomic E-state index is 0.0977. The van der Waals surface area contributed by atoms with Crippen LogP contribution in [0.25, 0.3) is 0 Å². The van der Waals surface area contributed by atoms with Gasteiger partial charge < -0.3 is 15.4 Å². The number of para-hydroxylation sites is 1. The number of hydrogen-bond donors (Lipinski definition) is 2. The highest BCUT2D eigenvalue weighted by Crippen LogP contribution is 2.27. The van der Waals surface area contributed by atoms with E-state index >= 15 is 0 Å². The largest absolute Gasteiger partial charge is 0.495 e. The molecule has 0 amide bonds. The number of nitrogens with one attached hydrogen (secondary N) is 2. The lowest BCUT2D eigenvalue weighted by Gasteiger charge is -2.21. The second-order valence-corrected chi connectivity index (χ2v) is 5.10. The molecule has 1 aromatic carbocycles. The van der Waals surface area contributed by atoms with Crippen LogP contribution in [-0.2, 0) is 0 Å². The van der Waals surface area contributed by atoms with Crippen molar-refractivity contribution in [1.82, 2.24) is 5.32 Å². The molecule has 1 aromatic rings. The van der Waals surface area contributed by atoms with E-state index in [2.05, 4.69) is 37.5 Å². The molecular formula is C14H21N3O. The van der Waals surface area contributed by atoms with Gasteiger partial charge in [0.15, 0.2) is 0 Å². The van der Waals surface area contributed by atoms with Crippen LogP contribution in [0.5, 0.6) is 5.75 Å². The number of rotatable bonds is 5. The van der Waals surface area contributed by atoms with Crippen LogP contribution in [0.1, 0.15) is 26.3 Å². The molecule has 0 bridgehead atoms. The number of methoxy groups -OCH3 is 1. The van der Waals surface area contributed by atoms with E-state index in [0.717, 1.165) is 18.8 Å². The van der Waals surface area contributed by atoms with Gasteiger partial charge in [-0.05, 0) is 32.9 Å². The molecule has 0 radical (unpaired) electrons. The van der Waals surface area contributed by atoms with Crippen LogP contribution >= 0.6 is 0 Å². The summed E-state index contributed by atoms with van der Waals surface area (Å²) in [5.74, 6) is 0.699. The standard InChI is InChI=1S/C14H21N3O/c1-14(2,3)17-9-8-16-13-11(10-15)6-5-7-12(13)18-4/h5-7,16-17H,8-9H2,1-4H3. The molecule has 98 valence electrons. The van der Waals surface area contributed by atoms with Crippen LogP contribution in [0.4, 0.5) is 5.69 Å². The Balaban J connectivity index is 2.64. The van der Waals surface area contributed by atoms with Gasteiger partial charge in [-0.2, -0.15) is 5.26 Å². The van der Waals surface area contributed by atoms with Crippen LogP contribution in [0, 0.1) is 11.3 Å². The first-order valence-electron chi connectivity index (χ1n) is 6.04. The average Bonchev–Trinajstić information content (AvgIpc) is 2.33. The lowest BCUT2D eigenvalue weighted by atomic mass is 10.1. The fraction of sp³-hybridized carbons (Fsp3) is 0.500. The minimum Gasteiger partial charge on any atom is -0.495 e. The molecule has 4 heteroatoms. The molecule has 18 heavy (non-hydrogen) atoms. The van der Waals surface area contributed by atoms with Crippen LogP contribution in [0.2, 0.25) is 0 Å². The van der Waals surface area contributed by atoms with E-state index in [9.17, 15) is 0 Å². The van der Waals surface area contributed by atoms with E-state index in [4.69, 9.17) is 10.00 Å². The molecule has 0 aromatic heterocycles. The Kier molecular flexibility index (Phi) is 4.99. The molecule has 0 aliphatic carbocycles. The van der Waals surface area contributed by atoms with E-state index in [1.54, 1.807) is 13.2 Å². The first-order chi connectivity index (χ1) is 8.48. The van der Waals surface area contributed by atoms with Gasteiger partial charge in [0.2, 0.25) is 0 Å². The summed E-state index contributed by atoms with van der Waals surface area (Å²) in [6.45, 7) is 7.93. The third-order valence-electron chi connectivity index (χ3n) is 2.45. The van der Waals surface area contributed by atoms with E-state index < -0.39 is 0 Å². The smallest absolute Gasteiger partial charge is 0.143 e. The summed E-state index contributed by atoms with van der Waals surface area (Å²) in [6.07, 6.45) is 0. The van der Waals surface area contributed by atoms with E-state index in [1.807, 2.05) is 12.1 Å². The molecule has 4 nitrogen and oxygen atoms in total. The van der Waals surface area contributed by atoms with Gasteiger partial charge in [-0.15, -0.1) is 0 Å². The number of nitriles is 1. The summed E-state index contributed by atoms with van der Waals surface area (Å²) in [4.78, 5) is 0. The Hall–Kier alpha value is -1.73.